The number of hydrogen-bond donors (Lipinski definition) is 4. The van der Waals surface area contributed by atoms with Crippen LogP contribution in [0.1, 0.15) is 24.8 Å². The van der Waals surface area contributed by atoms with E-state index in [2.05, 4.69) is 20.8 Å². The van der Waals surface area contributed by atoms with Gasteiger partial charge < -0.3 is 15.7 Å². The monoisotopic (exact) mass is 336 g/mol. The number of aliphatic hydroxyl groups is 1. The van der Waals surface area contributed by atoms with Gasteiger partial charge >= 0.3 is 6.03 Å². The summed E-state index contributed by atoms with van der Waals surface area (Å²) in [4.78, 5) is 12.3. The third-order valence-corrected chi connectivity index (χ3v) is 4.87. The minimum atomic E-state index is -0.871. The highest BCUT2D eigenvalue weighted by atomic mass is 16.3. The number of benzene rings is 2. The number of H-pyrrole nitrogens is 1. The van der Waals surface area contributed by atoms with Crippen LogP contribution in [0.3, 0.4) is 0 Å². The van der Waals surface area contributed by atoms with Crippen LogP contribution in [0.2, 0.25) is 0 Å². The molecule has 0 bridgehead atoms. The van der Waals surface area contributed by atoms with Crippen LogP contribution in [0.5, 0.6) is 0 Å². The third-order valence-electron chi connectivity index (χ3n) is 4.87. The summed E-state index contributed by atoms with van der Waals surface area (Å²) in [6.07, 6.45) is 3.59. The second-order valence-electron chi connectivity index (χ2n) is 6.57. The third kappa shape index (κ3) is 3.08. The first kappa shape index (κ1) is 15.7. The van der Waals surface area contributed by atoms with Crippen LogP contribution >= 0.6 is 0 Å². The van der Waals surface area contributed by atoms with E-state index in [0.29, 0.717) is 18.5 Å². The molecule has 6 heteroatoms. The molecule has 128 valence electrons. The van der Waals surface area contributed by atoms with Gasteiger partial charge in [-0.25, -0.2) is 4.79 Å². The van der Waals surface area contributed by atoms with Gasteiger partial charge in [0.1, 0.15) is 0 Å². The Morgan fingerprint density at radius 3 is 2.88 bits per heavy atom. The lowest BCUT2D eigenvalue weighted by molar-refractivity contribution is 0.0423. The van der Waals surface area contributed by atoms with Gasteiger partial charge in [0.2, 0.25) is 0 Å². The molecule has 1 saturated carbocycles. The Labute approximate surface area is 145 Å². The molecule has 3 aromatic rings. The van der Waals surface area contributed by atoms with Crippen LogP contribution in [0.15, 0.2) is 54.7 Å². The Balaban J connectivity index is 1.41. The first-order valence-corrected chi connectivity index (χ1v) is 8.42. The summed E-state index contributed by atoms with van der Waals surface area (Å²) in [7, 11) is 0. The van der Waals surface area contributed by atoms with Gasteiger partial charge in [-0.2, -0.15) is 5.10 Å². The summed E-state index contributed by atoms with van der Waals surface area (Å²) in [6, 6.07) is 14.9. The maximum atomic E-state index is 12.3. The average Bonchev–Trinajstić information content (AvgIpc) is 3.24. The van der Waals surface area contributed by atoms with Gasteiger partial charge in [-0.3, -0.25) is 5.10 Å². The molecule has 2 atom stereocenters. The van der Waals surface area contributed by atoms with Crippen molar-refractivity contribution in [2.24, 2.45) is 0 Å². The molecule has 0 radical (unpaired) electrons. The fraction of sp³-hybridized carbons (Fsp3) is 0.263. The molecule has 4 N–H and O–H groups in total. The summed E-state index contributed by atoms with van der Waals surface area (Å²) in [5.74, 6) is 0. The first-order valence-electron chi connectivity index (χ1n) is 8.42. The van der Waals surface area contributed by atoms with Crippen LogP contribution in [-0.4, -0.2) is 27.4 Å². The number of nitrogens with one attached hydrogen (secondary N) is 3. The molecule has 1 fully saturated rings. The zero-order valence-electron chi connectivity index (χ0n) is 13.7. The largest absolute Gasteiger partial charge is 0.385 e. The lowest BCUT2D eigenvalue weighted by Gasteiger charge is -2.23. The molecule has 1 aliphatic rings. The highest BCUT2D eigenvalue weighted by Gasteiger charge is 2.39. The number of nitrogens with zero attached hydrogens (tertiary/aromatic N) is 1. The number of aromatic nitrogens is 2. The number of fused-ring (bicyclic) bond motifs is 1. The number of carbonyl (C=O) groups is 1. The topological polar surface area (TPSA) is 90.0 Å². The molecule has 0 unspecified atom stereocenters. The number of urea groups is 1. The standard InChI is InChI=1S/C19H20N4O2/c24-18(22-16-7-4-8-17-15(16)12-20-23-17)21-14-9-10-19(25,11-14)13-5-2-1-3-6-13/h1-8,12,14,25H,9-11H2,(H,20,23)(H2,21,22,24)/t14-,19-/m0/s1. The number of carbonyl (C=O) groups excluding carboxylic acids is 1. The average molecular weight is 336 g/mol. The molecule has 0 saturated heterocycles. The highest BCUT2D eigenvalue weighted by Crippen LogP contribution is 2.38. The molecule has 25 heavy (non-hydrogen) atoms. The molecule has 0 aliphatic heterocycles. The van der Waals surface area contributed by atoms with Crippen LogP contribution in [0.4, 0.5) is 10.5 Å². The van der Waals surface area contributed by atoms with Gasteiger partial charge in [-0.15, -0.1) is 0 Å². The Morgan fingerprint density at radius 1 is 1.20 bits per heavy atom. The summed E-state index contributed by atoms with van der Waals surface area (Å²) in [6.45, 7) is 0. The summed E-state index contributed by atoms with van der Waals surface area (Å²) in [5.41, 5.74) is 1.61. The van der Waals surface area contributed by atoms with Crippen molar-refractivity contribution in [3.8, 4) is 0 Å². The van der Waals surface area contributed by atoms with Crippen LogP contribution in [0.25, 0.3) is 10.9 Å². The molecular weight excluding hydrogens is 316 g/mol. The minimum absolute atomic E-state index is 0.0613. The Bertz CT molecular complexity index is 893. The summed E-state index contributed by atoms with van der Waals surface area (Å²) < 4.78 is 0. The minimum Gasteiger partial charge on any atom is -0.385 e. The van der Waals surface area contributed by atoms with E-state index < -0.39 is 5.60 Å². The Hall–Kier alpha value is -2.86. The number of anilines is 1. The first-order chi connectivity index (χ1) is 12.1. The SMILES string of the molecule is O=C(Nc1cccc2[nH]ncc12)N[C@H]1CC[C@@](O)(c2ccccc2)C1. The lowest BCUT2D eigenvalue weighted by atomic mass is 9.92. The molecule has 1 aromatic heterocycles. The van der Waals surface area contributed by atoms with E-state index in [9.17, 15) is 9.90 Å². The van der Waals surface area contributed by atoms with E-state index in [1.807, 2.05) is 48.5 Å². The van der Waals surface area contributed by atoms with Gasteiger partial charge in [-0.05, 0) is 30.5 Å². The smallest absolute Gasteiger partial charge is 0.319 e. The van der Waals surface area contributed by atoms with Crippen molar-refractivity contribution in [3.63, 3.8) is 0 Å². The van der Waals surface area contributed by atoms with Crippen molar-refractivity contribution in [1.29, 1.82) is 0 Å². The summed E-state index contributed by atoms with van der Waals surface area (Å²) >= 11 is 0. The normalized spacial score (nSPS) is 22.8. The molecule has 1 heterocycles. The maximum Gasteiger partial charge on any atom is 0.319 e. The molecular formula is C19H20N4O2. The zero-order valence-corrected chi connectivity index (χ0v) is 13.7. The van der Waals surface area contributed by atoms with E-state index in [-0.39, 0.29) is 12.1 Å². The van der Waals surface area contributed by atoms with Gasteiger partial charge in [-0.1, -0.05) is 36.4 Å². The van der Waals surface area contributed by atoms with E-state index in [0.717, 1.165) is 22.9 Å². The second-order valence-corrected chi connectivity index (χ2v) is 6.57. The van der Waals surface area contributed by atoms with Crippen molar-refractivity contribution < 1.29 is 9.90 Å². The van der Waals surface area contributed by atoms with E-state index >= 15 is 0 Å². The molecule has 4 rings (SSSR count). The lowest BCUT2D eigenvalue weighted by Crippen LogP contribution is -2.37. The van der Waals surface area contributed by atoms with Gasteiger partial charge in [0.15, 0.2) is 0 Å². The maximum absolute atomic E-state index is 12.3. The van der Waals surface area contributed by atoms with E-state index in [1.54, 1.807) is 6.20 Å². The van der Waals surface area contributed by atoms with Gasteiger partial charge in [0.25, 0.3) is 0 Å². The van der Waals surface area contributed by atoms with Gasteiger partial charge in [0.05, 0.1) is 23.0 Å². The zero-order chi connectivity index (χ0) is 17.3. The fourth-order valence-electron chi connectivity index (χ4n) is 3.58. The van der Waals surface area contributed by atoms with Crippen LogP contribution in [0, 0.1) is 0 Å². The number of aromatic amines is 1. The number of amides is 2. The molecule has 1 aliphatic carbocycles. The quantitative estimate of drug-likeness (QED) is 0.592. The van der Waals surface area contributed by atoms with E-state index in [1.165, 1.54) is 0 Å². The Kier molecular flexibility index (Phi) is 3.89. The predicted molar refractivity (Wildman–Crippen MR) is 96.2 cm³/mol. The highest BCUT2D eigenvalue weighted by molar-refractivity contribution is 6.00. The van der Waals surface area contributed by atoms with Crippen molar-refractivity contribution in [2.45, 2.75) is 30.9 Å². The Morgan fingerprint density at radius 2 is 2.04 bits per heavy atom. The van der Waals surface area contributed by atoms with E-state index in [4.69, 9.17) is 0 Å². The number of hydrogen-bond acceptors (Lipinski definition) is 3. The van der Waals surface area contributed by atoms with Crippen molar-refractivity contribution in [1.82, 2.24) is 15.5 Å². The van der Waals surface area contributed by atoms with Crippen LogP contribution in [-0.2, 0) is 5.60 Å². The fourth-order valence-corrected chi connectivity index (χ4v) is 3.58. The van der Waals surface area contributed by atoms with Crippen molar-refractivity contribution >= 4 is 22.6 Å². The summed E-state index contributed by atoms with van der Waals surface area (Å²) in [5, 5.41) is 24.4. The van der Waals surface area contributed by atoms with Crippen LogP contribution < -0.4 is 10.6 Å². The number of rotatable bonds is 3. The molecule has 2 aromatic carbocycles. The van der Waals surface area contributed by atoms with Gasteiger partial charge in [0, 0.05) is 17.8 Å². The molecule has 6 nitrogen and oxygen atoms in total. The molecule has 0 spiro atoms. The molecule has 2 amide bonds. The van der Waals surface area contributed by atoms with Crippen molar-refractivity contribution in [2.75, 3.05) is 5.32 Å². The predicted octanol–water partition coefficient (Wildman–Crippen LogP) is 3.12. The second kappa shape index (κ2) is 6.22. The van der Waals surface area contributed by atoms with Crippen molar-refractivity contribution in [3.05, 3.63) is 60.3 Å².